The molecule has 0 saturated heterocycles. The van der Waals surface area contributed by atoms with E-state index in [-0.39, 0.29) is 22.2 Å². The molecule has 22 heavy (non-hydrogen) atoms. The maximum Gasteiger partial charge on any atom is 0.436 e. The predicted octanol–water partition coefficient (Wildman–Crippen LogP) is 5.63. The van der Waals surface area contributed by atoms with Crippen molar-refractivity contribution in [1.29, 1.82) is 0 Å². The zero-order valence-electron chi connectivity index (χ0n) is 11.2. The molecule has 0 aliphatic heterocycles. The van der Waals surface area contributed by atoms with Crippen LogP contribution in [0.5, 0.6) is 0 Å². The van der Waals surface area contributed by atoms with Crippen LogP contribution < -0.4 is 0 Å². The monoisotopic (exact) mass is 416 g/mol. The molecule has 2 rings (SSSR count). The molecule has 0 aliphatic carbocycles. The van der Waals surface area contributed by atoms with Crippen LogP contribution in [-0.4, -0.2) is 16.2 Å². The van der Waals surface area contributed by atoms with Gasteiger partial charge < -0.3 is 4.74 Å². The van der Waals surface area contributed by atoms with E-state index in [0.717, 1.165) is 0 Å². The molecule has 1 aromatic carbocycles. The van der Waals surface area contributed by atoms with Crippen LogP contribution in [0.1, 0.15) is 12.6 Å². The van der Waals surface area contributed by atoms with Crippen molar-refractivity contribution >= 4 is 39.1 Å². The van der Waals surface area contributed by atoms with E-state index in [1.165, 1.54) is 16.7 Å². The van der Waals surface area contributed by atoms with E-state index < -0.39 is 11.9 Å². The number of aromatic nitrogens is 2. The molecule has 0 spiro atoms. The van der Waals surface area contributed by atoms with E-state index in [1.807, 2.05) is 0 Å². The number of nitrogens with zero attached hydrogens (tertiary/aromatic N) is 2. The van der Waals surface area contributed by atoms with Crippen molar-refractivity contribution < 1.29 is 17.9 Å². The number of hydrogen-bond donors (Lipinski definition) is 0. The fourth-order valence-electron chi connectivity index (χ4n) is 1.77. The van der Waals surface area contributed by atoms with Crippen molar-refractivity contribution in [2.24, 2.45) is 0 Å². The Kier molecular flexibility index (Phi) is 5.42. The Hall–Kier alpha value is -0.760. The normalized spacial score (nSPS) is 12.0. The van der Waals surface area contributed by atoms with Gasteiger partial charge in [0.1, 0.15) is 17.2 Å². The van der Waals surface area contributed by atoms with Gasteiger partial charge in [0.05, 0.1) is 10.0 Å². The van der Waals surface area contributed by atoms with Crippen LogP contribution in [0.2, 0.25) is 10.0 Å². The molecular formula is C13H10BrCl2F3N2O. The highest BCUT2D eigenvalue weighted by atomic mass is 79.9. The summed E-state index contributed by atoms with van der Waals surface area (Å²) in [6, 6.07) is 4.51. The Balaban J connectivity index is 2.59. The van der Waals surface area contributed by atoms with Gasteiger partial charge in [0, 0.05) is 12.2 Å². The first kappa shape index (κ1) is 17.6. The summed E-state index contributed by atoms with van der Waals surface area (Å²) in [7, 11) is 0. The highest BCUT2D eigenvalue weighted by Crippen LogP contribution is 2.38. The highest BCUT2D eigenvalue weighted by molar-refractivity contribution is 9.10. The lowest BCUT2D eigenvalue weighted by molar-refractivity contribution is -0.141. The number of imidazole rings is 1. The molecular weight excluding hydrogens is 408 g/mol. The van der Waals surface area contributed by atoms with Gasteiger partial charge in [-0.15, -0.1) is 0 Å². The summed E-state index contributed by atoms with van der Waals surface area (Å²) in [5.74, 6) is 0.0891. The molecule has 0 radical (unpaired) electrons. The van der Waals surface area contributed by atoms with Crippen molar-refractivity contribution in [3.8, 4) is 11.4 Å². The summed E-state index contributed by atoms with van der Waals surface area (Å²) >= 11 is 14.7. The van der Waals surface area contributed by atoms with Crippen molar-refractivity contribution in [2.45, 2.75) is 19.8 Å². The second-order valence-electron chi connectivity index (χ2n) is 4.25. The van der Waals surface area contributed by atoms with Gasteiger partial charge in [0.25, 0.3) is 0 Å². The molecule has 1 heterocycles. The fraction of sp³-hybridized carbons (Fsp3) is 0.308. The maximum atomic E-state index is 13.0. The lowest BCUT2D eigenvalue weighted by Crippen LogP contribution is -2.08. The zero-order chi connectivity index (χ0) is 16.5. The van der Waals surface area contributed by atoms with E-state index in [1.54, 1.807) is 13.0 Å². The molecule has 0 unspecified atom stereocenters. The molecule has 0 bridgehead atoms. The molecule has 1 aromatic heterocycles. The van der Waals surface area contributed by atoms with Crippen LogP contribution in [0, 0.1) is 0 Å². The van der Waals surface area contributed by atoms with Gasteiger partial charge in [0.15, 0.2) is 5.69 Å². The number of benzene rings is 1. The fourth-order valence-corrected chi connectivity index (χ4v) is 2.65. The van der Waals surface area contributed by atoms with E-state index in [9.17, 15) is 13.2 Å². The van der Waals surface area contributed by atoms with Gasteiger partial charge in [-0.05, 0) is 41.1 Å². The average Bonchev–Trinajstić information content (AvgIpc) is 2.76. The van der Waals surface area contributed by atoms with Gasteiger partial charge >= 0.3 is 6.18 Å². The summed E-state index contributed by atoms with van der Waals surface area (Å²) in [4.78, 5) is 3.68. The predicted molar refractivity (Wildman–Crippen MR) is 82.0 cm³/mol. The number of alkyl halides is 3. The van der Waals surface area contributed by atoms with Crippen LogP contribution in [0.4, 0.5) is 13.2 Å². The third-order valence-corrected chi connectivity index (χ3v) is 4.32. The van der Waals surface area contributed by atoms with Crippen LogP contribution in [0.25, 0.3) is 11.4 Å². The lowest BCUT2D eigenvalue weighted by Gasteiger charge is -2.10. The maximum absolute atomic E-state index is 13.0. The zero-order valence-corrected chi connectivity index (χ0v) is 14.3. The van der Waals surface area contributed by atoms with Crippen LogP contribution >= 0.6 is 39.1 Å². The summed E-state index contributed by atoms with van der Waals surface area (Å²) < 4.78 is 45.4. The number of hydrogen-bond acceptors (Lipinski definition) is 2. The molecule has 0 fully saturated rings. The van der Waals surface area contributed by atoms with Gasteiger partial charge in [-0.3, -0.25) is 4.57 Å². The van der Waals surface area contributed by atoms with Gasteiger partial charge in [-0.1, -0.05) is 23.2 Å². The molecule has 0 amide bonds. The second-order valence-corrected chi connectivity index (χ2v) is 5.82. The standard InChI is InChI=1S/C13H10BrCl2F3N2O/c1-2-22-6-21-11(14)10(13(17,18)19)20-12(21)7-3-4-8(15)9(16)5-7/h3-5H,2,6H2,1H3. The Morgan fingerprint density at radius 1 is 1.27 bits per heavy atom. The smallest absolute Gasteiger partial charge is 0.361 e. The minimum absolute atomic E-state index is 0.0737. The molecule has 3 nitrogen and oxygen atoms in total. The Bertz CT molecular complexity index is 689. The minimum Gasteiger partial charge on any atom is -0.361 e. The molecule has 0 atom stereocenters. The van der Waals surface area contributed by atoms with E-state index >= 15 is 0 Å². The third kappa shape index (κ3) is 3.59. The average molecular weight is 418 g/mol. The molecule has 0 saturated carbocycles. The van der Waals surface area contributed by atoms with Gasteiger partial charge in [0.2, 0.25) is 0 Å². The van der Waals surface area contributed by atoms with Crippen molar-refractivity contribution in [3.63, 3.8) is 0 Å². The van der Waals surface area contributed by atoms with Gasteiger partial charge in [-0.2, -0.15) is 13.2 Å². The Labute approximate surface area is 143 Å². The SMILES string of the molecule is CCOCn1c(-c2ccc(Cl)c(Cl)c2)nc(C(F)(F)F)c1Br. The first-order chi connectivity index (χ1) is 10.3. The molecule has 9 heteroatoms. The summed E-state index contributed by atoms with van der Waals surface area (Å²) in [6.07, 6.45) is -4.58. The van der Waals surface area contributed by atoms with E-state index in [0.29, 0.717) is 17.2 Å². The van der Waals surface area contributed by atoms with Crippen molar-refractivity contribution in [3.05, 3.63) is 38.5 Å². The van der Waals surface area contributed by atoms with Crippen LogP contribution in [-0.2, 0) is 17.6 Å². The lowest BCUT2D eigenvalue weighted by atomic mass is 10.2. The van der Waals surface area contributed by atoms with Crippen LogP contribution in [0.3, 0.4) is 0 Å². The number of ether oxygens (including phenoxy) is 1. The second kappa shape index (κ2) is 6.78. The topological polar surface area (TPSA) is 27.1 Å². The first-order valence-corrected chi connectivity index (χ1v) is 7.67. The summed E-state index contributed by atoms with van der Waals surface area (Å²) in [6.45, 7) is 2.02. The van der Waals surface area contributed by atoms with Crippen molar-refractivity contribution in [2.75, 3.05) is 6.61 Å². The number of halogens is 6. The largest absolute Gasteiger partial charge is 0.436 e. The van der Waals surface area contributed by atoms with Crippen molar-refractivity contribution in [1.82, 2.24) is 9.55 Å². The van der Waals surface area contributed by atoms with Crippen LogP contribution in [0.15, 0.2) is 22.8 Å². The quantitative estimate of drug-likeness (QED) is 0.644. The number of rotatable bonds is 4. The Morgan fingerprint density at radius 3 is 2.50 bits per heavy atom. The molecule has 120 valence electrons. The molecule has 0 aliphatic rings. The first-order valence-electron chi connectivity index (χ1n) is 6.12. The molecule has 0 N–H and O–H groups in total. The Morgan fingerprint density at radius 2 is 1.95 bits per heavy atom. The summed E-state index contributed by atoms with van der Waals surface area (Å²) in [5.41, 5.74) is -0.612. The third-order valence-electron chi connectivity index (χ3n) is 2.78. The van der Waals surface area contributed by atoms with Gasteiger partial charge in [-0.25, -0.2) is 4.98 Å². The summed E-state index contributed by atoms with van der Waals surface area (Å²) in [5, 5.41) is 0.540. The van der Waals surface area contributed by atoms with E-state index in [4.69, 9.17) is 27.9 Å². The van der Waals surface area contributed by atoms with E-state index in [2.05, 4.69) is 20.9 Å². The highest BCUT2D eigenvalue weighted by Gasteiger charge is 2.38. The minimum atomic E-state index is -4.58. The molecule has 2 aromatic rings.